The van der Waals surface area contributed by atoms with Gasteiger partial charge in [0, 0.05) is 11.3 Å². The summed E-state index contributed by atoms with van der Waals surface area (Å²) in [6.07, 6.45) is 0.449. The predicted molar refractivity (Wildman–Crippen MR) is 106 cm³/mol. The van der Waals surface area contributed by atoms with Gasteiger partial charge in [0.2, 0.25) is 11.8 Å². The lowest BCUT2D eigenvalue weighted by Crippen LogP contribution is -2.32. The molecule has 2 aromatic carbocycles. The second-order valence-corrected chi connectivity index (χ2v) is 8.09. The van der Waals surface area contributed by atoms with Gasteiger partial charge in [0.1, 0.15) is 0 Å². The van der Waals surface area contributed by atoms with Crippen LogP contribution in [-0.2, 0) is 15.8 Å². The van der Waals surface area contributed by atoms with Gasteiger partial charge in [-0.05, 0) is 66.8 Å². The van der Waals surface area contributed by atoms with Crippen molar-refractivity contribution >= 4 is 29.1 Å². The molecule has 2 aliphatic carbocycles. The van der Waals surface area contributed by atoms with E-state index in [9.17, 15) is 27.6 Å². The van der Waals surface area contributed by atoms with E-state index in [1.54, 1.807) is 0 Å². The van der Waals surface area contributed by atoms with Crippen molar-refractivity contribution in [1.82, 2.24) is 0 Å². The third-order valence-corrected chi connectivity index (χ3v) is 6.33. The van der Waals surface area contributed by atoms with Crippen LogP contribution in [-0.4, -0.2) is 17.7 Å². The molecule has 1 aliphatic heterocycles. The number of halogens is 3. The molecule has 8 heteroatoms. The fraction of sp³-hybridized carbons (Fsp3) is 0.261. The van der Waals surface area contributed by atoms with Gasteiger partial charge in [-0.1, -0.05) is 12.2 Å². The lowest BCUT2D eigenvalue weighted by Gasteiger charge is -2.17. The third-order valence-electron chi connectivity index (χ3n) is 6.33. The van der Waals surface area contributed by atoms with Gasteiger partial charge < -0.3 is 5.32 Å². The molecule has 5 nitrogen and oxygen atoms in total. The molecule has 0 radical (unpaired) electrons. The summed E-state index contributed by atoms with van der Waals surface area (Å²) in [5, 5.41) is 2.53. The second kappa shape index (κ2) is 6.80. The zero-order valence-electron chi connectivity index (χ0n) is 16.1. The molecular weight excluding hydrogens is 409 g/mol. The molecule has 1 saturated heterocycles. The molecule has 2 aromatic rings. The Morgan fingerprint density at radius 3 is 1.94 bits per heavy atom. The number of imide groups is 1. The van der Waals surface area contributed by atoms with Gasteiger partial charge in [-0.3, -0.25) is 19.3 Å². The minimum atomic E-state index is -4.45. The topological polar surface area (TPSA) is 66.5 Å². The quantitative estimate of drug-likeness (QED) is 0.589. The molecule has 2 bridgehead atoms. The molecule has 0 unspecified atom stereocenters. The van der Waals surface area contributed by atoms with Gasteiger partial charge >= 0.3 is 6.18 Å². The summed E-state index contributed by atoms with van der Waals surface area (Å²) >= 11 is 0. The average molecular weight is 426 g/mol. The third kappa shape index (κ3) is 3.13. The maximum absolute atomic E-state index is 12.9. The van der Waals surface area contributed by atoms with E-state index in [2.05, 4.69) is 5.32 Å². The number of carbonyl (C=O) groups is 3. The van der Waals surface area contributed by atoms with Crippen LogP contribution in [0, 0.1) is 23.7 Å². The zero-order valence-corrected chi connectivity index (χ0v) is 16.1. The van der Waals surface area contributed by atoms with E-state index in [1.807, 2.05) is 12.2 Å². The molecule has 1 N–H and O–H groups in total. The van der Waals surface area contributed by atoms with Crippen molar-refractivity contribution in [2.45, 2.75) is 12.6 Å². The van der Waals surface area contributed by atoms with Gasteiger partial charge in [0.15, 0.2) is 0 Å². The summed E-state index contributed by atoms with van der Waals surface area (Å²) < 4.78 is 37.9. The van der Waals surface area contributed by atoms with Crippen LogP contribution in [0.2, 0.25) is 0 Å². The van der Waals surface area contributed by atoms with E-state index in [0.29, 0.717) is 5.69 Å². The van der Waals surface area contributed by atoms with Gasteiger partial charge in [-0.15, -0.1) is 0 Å². The number of alkyl halides is 3. The standard InChI is InChI=1S/C23H17F3N2O3/c24-23(25,26)15-5-7-16(8-6-15)27-20(29)12-3-9-17(10-4-12)28-21(30)18-13-1-2-14(11-13)19(18)22(28)31/h1-10,13-14,18-19H,11H2,(H,27,29)/t13-,14+,18-,19+. The summed E-state index contributed by atoms with van der Waals surface area (Å²) in [6.45, 7) is 0. The Labute approximate surface area is 175 Å². The van der Waals surface area contributed by atoms with Crippen LogP contribution >= 0.6 is 0 Å². The highest BCUT2D eigenvalue weighted by Crippen LogP contribution is 2.53. The number of amides is 3. The molecule has 158 valence electrons. The number of hydrogen-bond donors (Lipinski definition) is 1. The van der Waals surface area contributed by atoms with Crippen molar-refractivity contribution in [3.8, 4) is 0 Å². The van der Waals surface area contributed by atoms with Crippen molar-refractivity contribution in [3.05, 3.63) is 71.8 Å². The number of rotatable bonds is 3. The number of nitrogens with zero attached hydrogens (tertiary/aromatic N) is 1. The number of nitrogens with one attached hydrogen (secondary N) is 1. The molecule has 0 aromatic heterocycles. The van der Waals surface area contributed by atoms with Gasteiger partial charge in [0.05, 0.1) is 23.1 Å². The Balaban J connectivity index is 1.30. The van der Waals surface area contributed by atoms with Crippen molar-refractivity contribution < 1.29 is 27.6 Å². The highest BCUT2D eigenvalue weighted by atomic mass is 19.4. The maximum atomic E-state index is 12.9. The van der Waals surface area contributed by atoms with E-state index < -0.39 is 17.6 Å². The minimum Gasteiger partial charge on any atom is -0.322 e. The first-order valence-corrected chi connectivity index (χ1v) is 9.89. The first-order valence-electron chi connectivity index (χ1n) is 9.89. The van der Waals surface area contributed by atoms with Gasteiger partial charge in [0.25, 0.3) is 5.91 Å². The molecule has 4 atom stereocenters. The molecular formula is C23H17F3N2O3. The largest absolute Gasteiger partial charge is 0.416 e. The van der Waals surface area contributed by atoms with E-state index in [1.165, 1.54) is 41.3 Å². The maximum Gasteiger partial charge on any atom is 0.416 e. The van der Waals surface area contributed by atoms with Crippen molar-refractivity contribution in [2.75, 3.05) is 10.2 Å². The Morgan fingerprint density at radius 1 is 0.871 bits per heavy atom. The minimum absolute atomic E-state index is 0.116. The average Bonchev–Trinajstić information content (AvgIpc) is 3.42. The van der Waals surface area contributed by atoms with Crippen LogP contribution in [0.3, 0.4) is 0 Å². The summed E-state index contributed by atoms with van der Waals surface area (Å²) in [5.41, 5.74) is 0.0885. The number of carbonyl (C=O) groups excluding carboxylic acids is 3. The Kier molecular flexibility index (Phi) is 4.28. The summed E-state index contributed by atoms with van der Waals surface area (Å²) in [6, 6.07) is 10.2. The Bertz CT molecular complexity index is 1080. The number of anilines is 2. The number of allylic oxidation sites excluding steroid dienone is 2. The van der Waals surface area contributed by atoms with E-state index in [0.717, 1.165) is 18.6 Å². The molecule has 2 fully saturated rings. The molecule has 3 aliphatic rings. The van der Waals surface area contributed by atoms with E-state index in [4.69, 9.17) is 0 Å². The predicted octanol–water partition coefficient (Wildman–Crippen LogP) is 4.27. The molecule has 3 amide bonds. The first kappa shape index (κ1) is 19.5. The van der Waals surface area contributed by atoms with E-state index in [-0.39, 0.29) is 46.7 Å². The molecule has 31 heavy (non-hydrogen) atoms. The normalized spacial score (nSPS) is 26.5. The summed E-state index contributed by atoms with van der Waals surface area (Å²) in [7, 11) is 0. The SMILES string of the molecule is O=C(Nc1ccc(C(F)(F)F)cc1)c1ccc(N2C(=O)[C@@H]3[C@H](C2=O)[C@@H]2C=C[C@H]3C2)cc1. The van der Waals surface area contributed by atoms with Crippen LogP contribution in [0.4, 0.5) is 24.5 Å². The zero-order chi connectivity index (χ0) is 21.9. The van der Waals surface area contributed by atoms with Crippen LogP contribution in [0.5, 0.6) is 0 Å². The van der Waals surface area contributed by atoms with Crippen molar-refractivity contribution in [3.63, 3.8) is 0 Å². The highest BCUT2D eigenvalue weighted by Gasteiger charge is 2.59. The van der Waals surface area contributed by atoms with E-state index >= 15 is 0 Å². The summed E-state index contributed by atoms with van der Waals surface area (Å²) in [4.78, 5) is 39.3. The number of benzene rings is 2. The van der Waals surface area contributed by atoms with Crippen molar-refractivity contribution in [1.29, 1.82) is 0 Å². The molecule has 1 saturated carbocycles. The smallest absolute Gasteiger partial charge is 0.322 e. The lowest BCUT2D eigenvalue weighted by atomic mass is 9.85. The van der Waals surface area contributed by atoms with Crippen molar-refractivity contribution in [2.24, 2.45) is 23.7 Å². The van der Waals surface area contributed by atoms with Crippen LogP contribution in [0.15, 0.2) is 60.7 Å². The Hall–Kier alpha value is -3.42. The molecule has 0 spiro atoms. The summed E-state index contributed by atoms with van der Waals surface area (Å²) in [5.74, 6) is -1.28. The fourth-order valence-corrected chi connectivity index (χ4v) is 4.86. The van der Waals surface area contributed by atoms with Crippen LogP contribution in [0.25, 0.3) is 0 Å². The highest BCUT2D eigenvalue weighted by molar-refractivity contribution is 6.23. The molecule has 1 heterocycles. The lowest BCUT2D eigenvalue weighted by molar-refractivity contribution is -0.137. The number of fused-ring (bicyclic) bond motifs is 5. The fourth-order valence-electron chi connectivity index (χ4n) is 4.86. The monoisotopic (exact) mass is 426 g/mol. The molecule has 5 rings (SSSR count). The van der Waals surface area contributed by atoms with Crippen LogP contribution < -0.4 is 10.2 Å². The number of hydrogen-bond acceptors (Lipinski definition) is 3. The van der Waals surface area contributed by atoms with Gasteiger partial charge in [-0.2, -0.15) is 13.2 Å². The Morgan fingerprint density at radius 2 is 1.42 bits per heavy atom. The first-order chi connectivity index (χ1) is 14.7. The van der Waals surface area contributed by atoms with Gasteiger partial charge in [-0.25, -0.2) is 0 Å². The van der Waals surface area contributed by atoms with Crippen LogP contribution in [0.1, 0.15) is 22.3 Å². The second-order valence-electron chi connectivity index (χ2n) is 8.09.